The van der Waals surface area contributed by atoms with Crippen molar-refractivity contribution in [3.63, 3.8) is 0 Å². The first-order valence-electron chi connectivity index (χ1n) is 6.04. The van der Waals surface area contributed by atoms with Gasteiger partial charge in [-0.3, -0.25) is 4.79 Å². The number of anilines is 1. The lowest BCUT2D eigenvalue weighted by Crippen LogP contribution is -2.13. The van der Waals surface area contributed by atoms with E-state index in [1.807, 2.05) is 19.1 Å². The zero-order valence-electron chi connectivity index (χ0n) is 11.3. The van der Waals surface area contributed by atoms with Gasteiger partial charge in [0, 0.05) is 18.0 Å². The van der Waals surface area contributed by atoms with Crippen LogP contribution >= 0.6 is 11.6 Å². The molecule has 0 saturated heterocycles. The summed E-state index contributed by atoms with van der Waals surface area (Å²) in [5.41, 5.74) is 2.90. The van der Waals surface area contributed by atoms with Gasteiger partial charge in [0.1, 0.15) is 5.75 Å². The van der Waals surface area contributed by atoms with Gasteiger partial charge < -0.3 is 10.1 Å². The minimum absolute atomic E-state index is 0.0621. The third-order valence-corrected chi connectivity index (χ3v) is 2.98. The number of methoxy groups -OCH3 is 1. The van der Waals surface area contributed by atoms with Gasteiger partial charge in [-0.05, 0) is 36.1 Å². The number of rotatable bonds is 5. The highest BCUT2D eigenvalue weighted by Crippen LogP contribution is 2.32. The van der Waals surface area contributed by atoms with Crippen LogP contribution in [0.2, 0.25) is 0 Å². The molecule has 0 aliphatic heterocycles. The maximum Gasteiger partial charge on any atom is 0.225 e. The molecule has 4 heteroatoms. The summed E-state index contributed by atoms with van der Waals surface area (Å²) < 4.78 is 5.36. The summed E-state index contributed by atoms with van der Waals surface area (Å²) >= 11 is 5.55. The van der Waals surface area contributed by atoms with Crippen molar-refractivity contribution in [2.24, 2.45) is 0 Å². The Kier molecular flexibility index (Phi) is 5.48. The van der Waals surface area contributed by atoms with Gasteiger partial charge in [-0.25, -0.2) is 0 Å². The lowest BCUT2D eigenvalue weighted by Gasteiger charge is -2.16. The van der Waals surface area contributed by atoms with E-state index in [0.29, 0.717) is 18.2 Å². The van der Waals surface area contributed by atoms with Gasteiger partial charge in [-0.15, -0.1) is 11.6 Å². The molecule has 3 nitrogen and oxygen atoms in total. The molecule has 0 unspecified atom stereocenters. The summed E-state index contributed by atoms with van der Waals surface area (Å²) in [6.45, 7) is 6.14. The molecule has 0 atom stereocenters. The van der Waals surface area contributed by atoms with E-state index in [1.54, 1.807) is 7.11 Å². The molecule has 0 heterocycles. The summed E-state index contributed by atoms with van der Waals surface area (Å²) in [5, 5.41) is 2.88. The normalized spacial score (nSPS) is 10.6. The number of halogens is 1. The highest BCUT2D eigenvalue weighted by atomic mass is 35.5. The highest BCUT2D eigenvalue weighted by Gasteiger charge is 2.12. The average molecular weight is 270 g/mol. The van der Waals surface area contributed by atoms with Crippen LogP contribution < -0.4 is 10.1 Å². The molecule has 0 aliphatic carbocycles. The number of ether oxygens (including phenoxy) is 1. The van der Waals surface area contributed by atoms with Gasteiger partial charge in [-0.2, -0.15) is 0 Å². The van der Waals surface area contributed by atoms with E-state index in [-0.39, 0.29) is 5.91 Å². The van der Waals surface area contributed by atoms with Crippen LogP contribution in [0.5, 0.6) is 5.75 Å². The zero-order valence-corrected chi connectivity index (χ0v) is 12.1. The first kappa shape index (κ1) is 14.8. The molecule has 1 rings (SSSR count). The summed E-state index contributed by atoms with van der Waals surface area (Å²) in [5.74, 6) is 1.47. The van der Waals surface area contributed by atoms with Crippen LogP contribution in [-0.4, -0.2) is 18.9 Å². The Morgan fingerprint density at radius 2 is 2.11 bits per heavy atom. The molecule has 0 radical (unpaired) electrons. The Labute approximate surface area is 113 Å². The molecule has 0 spiro atoms. The Bertz CT molecular complexity index is 430. The Hall–Kier alpha value is -1.22. The number of hydrogen-bond donors (Lipinski definition) is 1. The fourth-order valence-corrected chi connectivity index (χ4v) is 1.93. The van der Waals surface area contributed by atoms with Crippen molar-refractivity contribution in [1.29, 1.82) is 0 Å². The van der Waals surface area contributed by atoms with Crippen LogP contribution in [0, 0.1) is 6.92 Å². The van der Waals surface area contributed by atoms with Crippen molar-refractivity contribution < 1.29 is 9.53 Å². The lowest BCUT2D eigenvalue weighted by atomic mass is 9.99. The van der Waals surface area contributed by atoms with E-state index >= 15 is 0 Å². The molecule has 0 aromatic heterocycles. The van der Waals surface area contributed by atoms with Crippen LogP contribution in [0.1, 0.15) is 37.3 Å². The third kappa shape index (κ3) is 3.64. The topological polar surface area (TPSA) is 38.3 Å². The van der Waals surface area contributed by atoms with E-state index < -0.39 is 0 Å². The second kappa shape index (κ2) is 6.64. The predicted octanol–water partition coefficient (Wildman–Crippen LogP) is 3.69. The fraction of sp³-hybridized carbons (Fsp3) is 0.500. The first-order valence-corrected chi connectivity index (χ1v) is 6.57. The second-order valence-electron chi connectivity index (χ2n) is 4.55. The molecule has 0 aliphatic rings. The van der Waals surface area contributed by atoms with Gasteiger partial charge in [0.25, 0.3) is 0 Å². The number of alkyl halides is 1. The molecule has 0 saturated carbocycles. The summed E-state index contributed by atoms with van der Waals surface area (Å²) in [4.78, 5) is 11.6. The number of nitrogens with one attached hydrogen (secondary N) is 1. The minimum Gasteiger partial charge on any atom is -0.496 e. The van der Waals surface area contributed by atoms with Crippen molar-refractivity contribution in [1.82, 2.24) is 0 Å². The van der Waals surface area contributed by atoms with Crippen molar-refractivity contribution in [2.45, 2.75) is 33.1 Å². The highest BCUT2D eigenvalue weighted by molar-refractivity contribution is 6.19. The predicted molar refractivity (Wildman–Crippen MR) is 75.8 cm³/mol. The first-order chi connectivity index (χ1) is 8.49. The zero-order chi connectivity index (χ0) is 13.7. The average Bonchev–Trinajstić information content (AvgIpc) is 2.31. The number of carbonyl (C=O) groups is 1. The third-order valence-electron chi connectivity index (χ3n) is 2.79. The van der Waals surface area contributed by atoms with Crippen molar-refractivity contribution in [3.05, 3.63) is 23.3 Å². The molecule has 1 amide bonds. The van der Waals surface area contributed by atoms with E-state index in [0.717, 1.165) is 22.6 Å². The smallest absolute Gasteiger partial charge is 0.225 e. The largest absolute Gasteiger partial charge is 0.496 e. The lowest BCUT2D eigenvalue weighted by molar-refractivity contribution is -0.115. The molecule has 1 aromatic carbocycles. The molecular formula is C14H20ClNO2. The Morgan fingerprint density at radius 1 is 1.44 bits per heavy atom. The van der Waals surface area contributed by atoms with Crippen molar-refractivity contribution in [2.75, 3.05) is 18.3 Å². The Morgan fingerprint density at radius 3 is 2.61 bits per heavy atom. The van der Waals surface area contributed by atoms with Crippen LogP contribution in [0.15, 0.2) is 12.1 Å². The standard InChI is InChI=1S/C14H20ClNO2/c1-9(2)11-8-12(16-14(17)5-6-15)10(3)7-13(11)18-4/h7-9H,5-6H2,1-4H3,(H,16,17). The van der Waals surface area contributed by atoms with Gasteiger partial charge in [-0.1, -0.05) is 13.8 Å². The van der Waals surface area contributed by atoms with Crippen LogP contribution in [0.25, 0.3) is 0 Å². The van der Waals surface area contributed by atoms with E-state index in [1.165, 1.54) is 0 Å². The van der Waals surface area contributed by atoms with Crippen LogP contribution in [0.3, 0.4) is 0 Å². The van der Waals surface area contributed by atoms with Gasteiger partial charge in [0.05, 0.1) is 7.11 Å². The van der Waals surface area contributed by atoms with E-state index in [4.69, 9.17) is 16.3 Å². The molecule has 1 N–H and O–H groups in total. The molecule has 0 bridgehead atoms. The number of aryl methyl sites for hydroxylation is 1. The number of carbonyl (C=O) groups excluding carboxylic acids is 1. The van der Waals surface area contributed by atoms with Gasteiger partial charge >= 0.3 is 0 Å². The Balaban J connectivity index is 3.05. The van der Waals surface area contributed by atoms with E-state index in [9.17, 15) is 4.79 Å². The summed E-state index contributed by atoms with van der Waals surface area (Å²) in [7, 11) is 1.66. The van der Waals surface area contributed by atoms with Gasteiger partial charge in [0.2, 0.25) is 5.91 Å². The van der Waals surface area contributed by atoms with Crippen LogP contribution in [-0.2, 0) is 4.79 Å². The number of hydrogen-bond acceptors (Lipinski definition) is 2. The van der Waals surface area contributed by atoms with Gasteiger partial charge in [0.15, 0.2) is 0 Å². The summed E-state index contributed by atoms with van der Waals surface area (Å²) in [6.07, 6.45) is 0.323. The minimum atomic E-state index is -0.0621. The van der Waals surface area contributed by atoms with E-state index in [2.05, 4.69) is 19.2 Å². The van der Waals surface area contributed by atoms with Crippen molar-refractivity contribution in [3.8, 4) is 5.75 Å². The quantitative estimate of drug-likeness (QED) is 0.828. The maximum atomic E-state index is 11.6. The summed E-state index contributed by atoms with van der Waals surface area (Å²) in [6, 6.07) is 3.93. The van der Waals surface area contributed by atoms with Crippen LogP contribution in [0.4, 0.5) is 5.69 Å². The number of benzene rings is 1. The monoisotopic (exact) mass is 269 g/mol. The molecular weight excluding hydrogens is 250 g/mol. The van der Waals surface area contributed by atoms with Crippen molar-refractivity contribution >= 4 is 23.2 Å². The maximum absolute atomic E-state index is 11.6. The number of amides is 1. The molecule has 1 aromatic rings. The molecule has 100 valence electrons. The molecule has 18 heavy (non-hydrogen) atoms. The second-order valence-corrected chi connectivity index (χ2v) is 4.93. The fourth-order valence-electron chi connectivity index (χ4n) is 1.76. The molecule has 0 fully saturated rings. The SMILES string of the molecule is COc1cc(C)c(NC(=O)CCCl)cc1C(C)C.